The molecule has 0 saturated carbocycles. The van der Waals surface area contributed by atoms with Crippen molar-refractivity contribution >= 4 is 72.2 Å². The molecule has 0 aliphatic heterocycles. The van der Waals surface area contributed by atoms with Gasteiger partial charge < -0.3 is 5.32 Å². The Kier molecular flexibility index (Phi) is 8.39. The molecule has 3 aromatic rings. The Hall–Kier alpha value is -3.40. The summed E-state index contributed by atoms with van der Waals surface area (Å²) in [6.45, 7) is 0. The summed E-state index contributed by atoms with van der Waals surface area (Å²) in [5.41, 5.74) is 2.45. The first kappa shape index (κ1) is 27.2. The molecule has 0 saturated heterocycles. The number of carbonyl (C=O) groups excluding carboxylic acids is 1. The summed E-state index contributed by atoms with van der Waals surface area (Å²) in [6, 6.07) is 14.5. The highest BCUT2D eigenvalue weighted by Gasteiger charge is 2.16. The molecule has 0 aliphatic carbocycles. The minimum absolute atomic E-state index is 0.00481. The largest absolute Gasteiger partial charge is 0.319 e. The van der Waals surface area contributed by atoms with E-state index in [4.69, 9.17) is 23.2 Å². The maximum atomic E-state index is 12.8. The highest BCUT2D eigenvalue weighted by atomic mass is 35.5. The number of hydrogen-bond acceptors (Lipinski definition) is 8. The first-order valence-electron chi connectivity index (χ1n) is 9.50. The lowest BCUT2D eigenvalue weighted by atomic mass is 10.3. The minimum atomic E-state index is -4.57. The van der Waals surface area contributed by atoms with Crippen molar-refractivity contribution in [1.29, 1.82) is 0 Å². The predicted molar refractivity (Wildman–Crippen MR) is 133 cm³/mol. The van der Waals surface area contributed by atoms with E-state index in [1.165, 1.54) is 6.07 Å². The van der Waals surface area contributed by atoms with Crippen LogP contribution < -0.4 is 10.7 Å². The molecule has 12 nitrogen and oxygen atoms in total. The van der Waals surface area contributed by atoms with Crippen molar-refractivity contribution in [3.8, 4) is 0 Å². The van der Waals surface area contributed by atoms with Crippen LogP contribution in [0.2, 0.25) is 10.0 Å². The first-order chi connectivity index (χ1) is 16.8. The van der Waals surface area contributed by atoms with Crippen molar-refractivity contribution in [3.63, 3.8) is 0 Å². The lowest BCUT2D eigenvalue weighted by Crippen LogP contribution is -2.22. The summed E-state index contributed by atoms with van der Waals surface area (Å²) in [7, 11) is -9.13. The second-order valence-electron chi connectivity index (χ2n) is 6.77. The Labute approximate surface area is 215 Å². The van der Waals surface area contributed by atoms with Gasteiger partial charge >= 0.3 is 0 Å². The molecule has 0 fully saturated rings. The maximum Gasteiger partial charge on any atom is 0.297 e. The molecule has 0 heterocycles. The van der Waals surface area contributed by atoms with E-state index in [-0.39, 0.29) is 21.4 Å². The van der Waals surface area contributed by atoms with E-state index in [2.05, 4.69) is 26.1 Å². The summed E-state index contributed by atoms with van der Waals surface area (Å²) in [6.07, 6.45) is 0. The number of amides is 1. The number of azo groups is 1. The standard InChI is InChI=1S/C20H15Cl2N5O7S2/c21-15-8-6-13(35(29,30)31)10-17(15)24-26-19(20(28)23-12-4-2-1-3-5-12)27-25-18-11-14(36(32,33)34)7-9-16(18)22/h1-11,24H,(H,23,28)(H,29,30,31)(H,32,33,34)/b26-19+,27-25?. The monoisotopic (exact) mass is 571 g/mol. The molecule has 1 amide bonds. The highest BCUT2D eigenvalue weighted by molar-refractivity contribution is 7.86. The first-order valence-corrected chi connectivity index (χ1v) is 13.1. The molecule has 0 aliphatic rings. The van der Waals surface area contributed by atoms with Crippen molar-refractivity contribution in [1.82, 2.24) is 0 Å². The fourth-order valence-electron chi connectivity index (χ4n) is 2.52. The van der Waals surface area contributed by atoms with E-state index in [9.17, 15) is 30.7 Å². The number of amidine groups is 1. The Balaban J connectivity index is 2.00. The van der Waals surface area contributed by atoms with Crippen LogP contribution in [0.1, 0.15) is 0 Å². The van der Waals surface area contributed by atoms with Gasteiger partial charge in [-0.1, -0.05) is 41.4 Å². The summed E-state index contributed by atoms with van der Waals surface area (Å²) < 4.78 is 64.1. The van der Waals surface area contributed by atoms with E-state index in [0.29, 0.717) is 5.69 Å². The Bertz CT molecular complexity index is 1580. The molecule has 4 N–H and O–H groups in total. The van der Waals surface area contributed by atoms with E-state index in [1.807, 2.05) is 0 Å². The van der Waals surface area contributed by atoms with Crippen LogP contribution in [0.15, 0.2) is 91.9 Å². The van der Waals surface area contributed by atoms with Crippen molar-refractivity contribution in [2.24, 2.45) is 15.3 Å². The molecule has 0 aromatic heterocycles. The second-order valence-corrected chi connectivity index (χ2v) is 10.4. The molecule has 0 unspecified atom stereocenters. The van der Waals surface area contributed by atoms with Crippen LogP contribution in [-0.2, 0) is 25.0 Å². The Morgan fingerprint density at radius 1 is 0.806 bits per heavy atom. The minimum Gasteiger partial charge on any atom is -0.319 e. The molecule has 3 aromatic carbocycles. The van der Waals surface area contributed by atoms with E-state index in [0.717, 1.165) is 30.3 Å². The Morgan fingerprint density at radius 3 is 2.00 bits per heavy atom. The third kappa shape index (κ3) is 7.30. The van der Waals surface area contributed by atoms with Gasteiger partial charge in [-0.25, -0.2) is 0 Å². The van der Waals surface area contributed by atoms with Crippen LogP contribution in [0, 0.1) is 0 Å². The zero-order valence-electron chi connectivity index (χ0n) is 17.7. The quantitative estimate of drug-likeness (QED) is 0.108. The topological polar surface area (TPSA) is 187 Å². The number of nitrogens with one attached hydrogen (secondary N) is 2. The van der Waals surface area contributed by atoms with Crippen molar-refractivity contribution in [2.45, 2.75) is 9.79 Å². The van der Waals surface area contributed by atoms with Gasteiger partial charge in [0.15, 0.2) is 0 Å². The molecule has 0 radical (unpaired) electrons. The van der Waals surface area contributed by atoms with Gasteiger partial charge in [0, 0.05) is 5.69 Å². The van der Waals surface area contributed by atoms with Gasteiger partial charge in [0.25, 0.3) is 32.0 Å². The number of carbonyl (C=O) groups is 1. The zero-order valence-corrected chi connectivity index (χ0v) is 20.8. The number of hydrogen-bond donors (Lipinski definition) is 4. The number of para-hydroxylation sites is 1. The number of benzene rings is 3. The Morgan fingerprint density at radius 2 is 1.39 bits per heavy atom. The van der Waals surface area contributed by atoms with Gasteiger partial charge in [-0.15, -0.1) is 15.3 Å². The van der Waals surface area contributed by atoms with Crippen LogP contribution in [0.4, 0.5) is 17.1 Å². The zero-order chi connectivity index (χ0) is 26.5. The van der Waals surface area contributed by atoms with E-state index < -0.39 is 41.8 Å². The van der Waals surface area contributed by atoms with Gasteiger partial charge in [-0.05, 0) is 48.5 Å². The normalized spacial score (nSPS) is 12.5. The van der Waals surface area contributed by atoms with Crippen molar-refractivity contribution in [3.05, 3.63) is 76.8 Å². The lowest BCUT2D eigenvalue weighted by molar-refractivity contribution is -0.110. The summed E-state index contributed by atoms with van der Waals surface area (Å²) in [5.74, 6) is -1.48. The number of nitrogens with zero attached hydrogens (tertiary/aromatic N) is 3. The van der Waals surface area contributed by atoms with Crippen LogP contribution in [0.25, 0.3) is 0 Å². The molecular weight excluding hydrogens is 557 g/mol. The van der Waals surface area contributed by atoms with Gasteiger partial charge in [-0.3, -0.25) is 19.3 Å². The summed E-state index contributed by atoms with van der Waals surface area (Å²) in [5, 5.41) is 13.7. The smallest absolute Gasteiger partial charge is 0.297 e. The van der Waals surface area contributed by atoms with Crippen LogP contribution in [-0.4, -0.2) is 37.7 Å². The molecule has 0 spiro atoms. The molecular formula is C20H15Cl2N5O7S2. The fraction of sp³-hybridized carbons (Fsp3) is 0. The lowest BCUT2D eigenvalue weighted by Gasteiger charge is -2.08. The number of anilines is 2. The highest BCUT2D eigenvalue weighted by Crippen LogP contribution is 2.29. The molecule has 0 bridgehead atoms. The van der Waals surface area contributed by atoms with Crippen molar-refractivity contribution < 1.29 is 30.7 Å². The summed E-state index contributed by atoms with van der Waals surface area (Å²) >= 11 is 12.0. The number of rotatable bonds is 6. The SMILES string of the molecule is O=C(Nc1ccccc1)/C(N=Nc1cc(S(=O)(=O)O)ccc1Cl)=N\Nc1cc(S(=O)(=O)O)ccc1Cl. The average molecular weight is 572 g/mol. The fourth-order valence-corrected chi connectivity index (χ4v) is 3.84. The van der Waals surface area contributed by atoms with Gasteiger partial charge in [-0.2, -0.15) is 16.8 Å². The number of halogens is 2. The average Bonchev–Trinajstić information content (AvgIpc) is 2.80. The number of hydrazone groups is 1. The van der Waals surface area contributed by atoms with Crippen LogP contribution >= 0.6 is 23.2 Å². The third-order valence-electron chi connectivity index (χ3n) is 4.22. The molecule has 188 valence electrons. The second kappa shape index (κ2) is 11.1. The third-order valence-corrected chi connectivity index (χ3v) is 6.57. The van der Waals surface area contributed by atoms with Crippen LogP contribution in [0.5, 0.6) is 0 Å². The van der Waals surface area contributed by atoms with Crippen LogP contribution in [0.3, 0.4) is 0 Å². The molecule has 0 atom stereocenters. The molecule has 3 rings (SSSR count). The van der Waals surface area contributed by atoms with E-state index in [1.54, 1.807) is 30.3 Å². The van der Waals surface area contributed by atoms with Crippen molar-refractivity contribution in [2.75, 3.05) is 10.7 Å². The van der Waals surface area contributed by atoms with Gasteiger partial charge in [0.1, 0.15) is 5.69 Å². The van der Waals surface area contributed by atoms with Gasteiger partial charge in [0.2, 0.25) is 0 Å². The maximum absolute atomic E-state index is 12.8. The van der Waals surface area contributed by atoms with Gasteiger partial charge in [0.05, 0.1) is 25.5 Å². The predicted octanol–water partition coefficient (Wildman–Crippen LogP) is 4.63. The summed E-state index contributed by atoms with van der Waals surface area (Å²) in [4.78, 5) is 11.8. The van der Waals surface area contributed by atoms with E-state index >= 15 is 0 Å². The molecule has 36 heavy (non-hydrogen) atoms. The molecule has 16 heteroatoms.